The van der Waals surface area contributed by atoms with E-state index in [2.05, 4.69) is 5.32 Å². The molecule has 0 aromatic heterocycles. The van der Waals surface area contributed by atoms with Crippen molar-refractivity contribution < 1.29 is 19.1 Å². The number of methoxy groups -OCH3 is 2. The first-order chi connectivity index (χ1) is 9.31. The third kappa shape index (κ3) is 3.73. The summed E-state index contributed by atoms with van der Waals surface area (Å²) in [4.78, 5) is 24.1. The molecule has 0 radical (unpaired) electrons. The molecule has 0 heterocycles. The number of carbonyl (C=O) groups is 2. The van der Waals surface area contributed by atoms with Gasteiger partial charge in [-0.3, -0.25) is 4.79 Å². The Morgan fingerprint density at radius 1 is 1.15 bits per heavy atom. The van der Waals surface area contributed by atoms with E-state index in [1.54, 1.807) is 45.0 Å². The van der Waals surface area contributed by atoms with Gasteiger partial charge in [0.25, 0.3) is 0 Å². The number of hydrogen-bond acceptors (Lipinski definition) is 4. The van der Waals surface area contributed by atoms with Crippen molar-refractivity contribution in [3.63, 3.8) is 0 Å². The summed E-state index contributed by atoms with van der Waals surface area (Å²) in [5.74, 6) is -0.247. The molecular formula is C15H21NO4. The van der Waals surface area contributed by atoms with E-state index in [0.717, 1.165) is 0 Å². The van der Waals surface area contributed by atoms with Gasteiger partial charge in [0, 0.05) is 11.0 Å². The minimum atomic E-state index is -0.886. The maximum atomic E-state index is 12.1. The highest BCUT2D eigenvalue weighted by molar-refractivity contribution is 5.88. The zero-order chi connectivity index (χ0) is 15.3. The van der Waals surface area contributed by atoms with Crippen molar-refractivity contribution in [2.45, 2.75) is 26.8 Å². The molecule has 1 N–H and O–H groups in total. The van der Waals surface area contributed by atoms with Gasteiger partial charge in [-0.15, -0.1) is 0 Å². The Morgan fingerprint density at radius 3 is 2.25 bits per heavy atom. The molecule has 0 aliphatic rings. The van der Waals surface area contributed by atoms with Gasteiger partial charge in [0.2, 0.25) is 5.91 Å². The summed E-state index contributed by atoms with van der Waals surface area (Å²) in [6, 6.07) is 6.14. The van der Waals surface area contributed by atoms with Crippen LogP contribution in [-0.2, 0) is 14.3 Å². The zero-order valence-electron chi connectivity index (χ0n) is 12.5. The highest BCUT2D eigenvalue weighted by atomic mass is 16.5. The fraction of sp³-hybridized carbons (Fsp3) is 0.467. The van der Waals surface area contributed by atoms with Crippen LogP contribution in [-0.4, -0.2) is 26.1 Å². The van der Waals surface area contributed by atoms with Gasteiger partial charge in [-0.1, -0.05) is 39.0 Å². The molecule has 1 atom stereocenters. The van der Waals surface area contributed by atoms with Gasteiger partial charge in [-0.2, -0.15) is 0 Å². The first-order valence-electron chi connectivity index (χ1n) is 6.33. The maximum Gasteiger partial charge on any atom is 0.333 e. The molecule has 0 aliphatic carbocycles. The number of nitrogens with one attached hydrogen (secondary N) is 1. The van der Waals surface area contributed by atoms with E-state index < -0.39 is 17.4 Å². The van der Waals surface area contributed by atoms with Gasteiger partial charge in [-0.25, -0.2) is 4.79 Å². The Kier molecular flexibility index (Phi) is 5.13. The molecule has 1 rings (SSSR count). The van der Waals surface area contributed by atoms with Crippen molar-refractivity contribution in [1.29, 1.82) is 0 Å². The summed E-state index contributed by atoms with van der Waals surface area (Å²) in [5.41, 5.74) is -0.0340. The first kappa shape index (κ1) is 16.0. The average Bonchev–Trinajstić information content (AvgIpc) is 2.42. The highest BCUT2D eigenvalue weighted by Gasteiger charge is 2.30. The van der Waals surface area contributed by atoms with Crippen LogP contribution in [0, 0.1) is 5.41 Å². The molecule has 1 amide bonds. The van der Waals surface area contributed by atoms with Crippen LogP contribution >= 0.6 is 0 Å². The fourth-order valence-corrected chi connectivity index (χ4v) is 1.63. The van der Waals surface area contributed by atoms with E-state index in [-0.39, 0.29) is 5.91 Å². The van der Waals surface area contributed by atoms with Crippen molar-refractivity contribution >= 4 is 11.9 Å². The van der Waals surface area contributed by atoms with Crippen LogP contribution in [0.1, 0.15) is 32.4 Å². The van der Waals surface area contributed by atoms with Gasteiger partial charge < -0.3 is 14.8 Å². The molecule has 1 aromatic carbocycles. The van der Waals surface area contributed by atoms with E-state index in [4.69, 9.17) is 9.47 Å². The van der Waals surface area contributed by atoms with Crippen LogP contribution in [0.25, 0.3) is 0 Å². The summed E-state index contributed by atoms with van der Waals surface area (Å²) in [7, 11) is 2.80. The zero-order valence-corrected chi connectivity index (χ0v) is 12.5. The largest absolute Gasteiger partial charge is 0.496 e. The molecule has 0 bridgehead atoms. The highest BCUT2D eigenvalue weighted by Crippen LogP contribution is 2.27. The number of ether oxygens (including phenoxy) is 2. The van der Waals surface area contributed by atoms with Crippen molar-refractivity contribution in [2.75, 3.05) is 14.2 Å². The number of amides is 1. The van der Waals surface area contributed by atoms with Gasteiger partial charge in [0.05, 0.1) is 14.2 Å². The molecule has 5 nitrogen and oxygen atoms in total. The number of carbonyl (C=O) groups excluding carboxylic acids is 2. The number of para-hydroxylation sites is 1. The lowest BCUT2D eigenvalue weighted by atomic mass is 9.94. The molecule has 5 heteroatoms. The summed E-state index contributed by atoms with van der Waals surface area (Å²) in [6.07, 6.45) is 0. The summed E-state index contributed by atoms with van der Waals surface area (Å²) in [5, 5.41) is 2.71. The van der Waals surface area contributed by atoms with E-state index >= 15 is 0 Å². The third-order valence-corrected chi connectivity index (χ3v) is 2.84. The van der Waals surface area contributed by atoms with Crippen LogP contribution in [0.15, 0.2) is 24.3 Å². The second-order valence-electron chi connectivity index (χ2n) is 5.42. The molecule has 110 valence electrons. The minimum Gasteiger partial charge on any atom is -0.496 e. The van der Waals surface area contributed by atoms with Crippen molar-refractivity contribution in [1.82, 2.24) is 5.32 Å². The van der Waals surface area contributed by atoms with Gasteiger partial charge in [0.15, 0.2) is 6.04 Å². The number of rotatable bonds is 4. The minimum absolute atomic E-state index is 0.237. The molecule has 1 aromatic rings. The Balaban J connectivity index is 3.13. The Labute approximate surface area is 119 Å². The normalized spacial score (nSPS) is 12.4. The summed E-state index contributed by atoms with van der Waals surface area (Å²) < 4.78 is 10.00. The molecule has 0 saturated heterocycles. The average molecular weight is 279 g/mol. The van der Waals surface area contributed by atoms with E-state index in [9.17, 15) is 9.59 Å². The predicted octanol–water partition coefficient (Wildman–Crippen LogP) is 2.07. The topological polar surface area (TPSA) is 64.6 Å². The van der Waals surface area contributed by atoms with E-state index in [0.29, 0.717) is 11.3 Å². The predicted molar refractivity (Wildman–Crippen MR) is 75.3 cm³/mol. The number of hydrogen-bond donors (Lipinski definition) is 1. The van der Waals surface area contributed by atoms with Crippen molar-refractivity contribution in [2.24, 2.45) is 5.41 Å². The van der Waals surface area contributed by atoms with Gasteiger partial charge >= 0.3 is 5.97 Å². The molecule has 0 saturated carbocycles. The van der Waals surface area contributed by atoms with Crippen LogP contribution < -0.4 is 10.1 Å². The molecular weight excluding hydrogens is 258 g/mol. The number of esters is 1. The monoisotopic (exact) mass is 279 g/mol. The Morgan fingerprint density at radius 2 is 1.75 bits per heavy atom. The van der Waals surface area contributed by atoms with Crippen molar-refractivity contribution in [3.05, 3.63) is 29.8 Å². The first-order valence-corrected chi connectivity index (χ1v) is 6.33. The second kappa shape index (κ2) is 6.41. The maximum absolute atomic E-state index is 12.1. The van der Waals surface area contributed by atoms with Crippen LogP contribution in [0.4, 0.5) is 0 Å². The van der Waals surface area contributed by atoms with Crippen LogP contribution in [0.2, 0.25) is 0 Å². The van der Waals surface area contributed by atoms with Gasteiger partial charge in [-0.05, 0) is 6.07 Å². The Bertz CT molecular complexity index is 491. The lowest BCUT2D eigenvalue weighted by Crippen LogP contribution is -2.41. The van der Waals surface area contributed by atoms with E-state index in [1.807, 2.05) is 0 Å². The molecule has 20 heavy (non-hydrogen) atoms. The standard InChI is InChI=1S/C15H21NO4/c1-15(2,3)14(18)16-12(13(17)20-5)10-8-6-7-9-11(10)19-4/h6-9,12H,1-5H3,(H,16,18)/t12-/m1/s1. The fourth-order valence-electron chi connectivity index (χ4n) is 1.63. The van der Waals surface area contributed by atoms with Crippen molar-refractivity contribution in [3.8, 4) is 5.75 Å². The van der Waals surface area contributed by atoms with Crippen LogP contribution in [0.5, 0.6) is 5.75 Å². The smallest absolute Gasteiger partial charge is 0.333 e. The van der Waals surface area contributed by atoms with E-state index in [1.165, 1.54) is 14.2 Å². The lowest BCUT2D eigenvalue weighted by Gasteiger charge is -2.24. The Hall–Kier alpha value is -2.04. The molecule has 0 aliphatic heterocycles. The molecule has 0 spiro atoms. The quantitative estimate of drug-likeness (QED) is 0.857. The third-order valence-electron chi connectivity index (χ3n) is 2.84. The second-order valence-corrected chi connectivity index (χ2v) is 5.42. The van der Waals surface area contributed by atoms with Gasteiger partial charge in [0.1, 0.15) is 5.75 Å². The molecule has 0 fully saturated rings. The van der Waals surface area contributed by atoms with Crippen LogP contribution in [0.3, 0.4) is 0 Å². The SMILES string of the molecule is COC(=O)[C@H](NC(=O)C(C)(C)C)c1ccccc1OC. The molecule has 0 unspecified atom stereocenters. The lowest BCUT2D eigenvalue weighted by molar-refractivity contribution is -0.146. The summed E-state index contributed by atoms with van der Waals surface area (Å²) in [6.45, 7) is 5.33. The summed E-state index contributed by atoms with van der Waals surface area (Å²) >= 11 is 0. The number of benzene rings is 1.